The number of nitrogens with zero attached hydrogens (tertiary/aromatic N) is 2. The van der Waals surface area contributed by atoms with E-state index in [2.05, 4.69) is 39.9 Å². The average Bonchev–Trinajstić information content (AvgIpc) is 3.05. The highest BCUT2D eigenvalue weighted by molar-refractivity contribution is 7.10. The van der Waals surface area contributed by atoms with Gasteiger partial charge in [-0.05, 0) is 29.5 Å². The lowest BCUT2D eigenvalue weighted by atomic mass is 10.1. The number of nitrogens with one attached hydrogen (secondary N) is 1. The first-order chi connectivity index (χ1) is 10.3. The first-order valence-electron chi connectivity index (χ1n) is 6.94. The Hall–Kier alpha value is -1.92. The third-order valence-electron chi connectivity index (χ3n) is 3.24. The Bertz CT molecular complexity index is 583. The molecule has 2 aromatic rings. The monoisotopic (exact) mass is 304 g/mol. The van der Waals surface area contributed by atoms with E-state index < -0.39 is 0 Å². The van der Waals surface area contributed by atoms with Crippen molar-refractivity contribution in [1.82, 2.24) is 10.3 Å². The van der Waals surface area contributed by atoms with E-state index in [1.54, 1.807) is 17.5 Å². The summed E-state index contributed by atoms with van der Waals surface area (Å²) in [6.07, 6.45) is 3.81. The maximum absolute atomic E-state index is 8.83. The summed E-state index contributed by atoms with van der Waals surface area (Å²) in [5.74, 6) is 0.0376. The Morgan fingerprint density at radius 1 is 1.48 bits per heavy atom. The summed E-state index contributed by atoms with van der Waals surface area (Å²) in [5, 5.41) is 17.5. The second kappa shape index (κ2) is 7.75. The van der Waals surface area contributed by atoms with Gasteiger partial charge >= 0.3 is 0 Å². The van der Waals surface area contributed by atoms with Crippen LogP contribution >= 0.6 is 11.3 Å². The maximum Gasteiger partial charge on any atom is 0.189 e. The Morgan fingerprint density at radius 2 is 2.33 bits per heavy atom. The number of pyridine rings is 1. The molecule has 21 heavy (non-hydrogen) atoms. The van der Waals surface area contributed by atoms with Crippen LogP contribution in [0.3, 0.4) is 0 Å². The molecule has 2 rings (SSSR count). The Balaban J connectivity index is 2.11. The Labute approximate surface area is 128 Å². The number of hydrogen-bond acceptors (Lipinski definition) is 5. The molecule has 1 unspecified atom stereocenters. The van der Waals surface area contributed by atoms with E-state index >= 15 is 0 Å². The number of rotatable bonds is 7. The van der Waals surface area contributed by atoms with E-state index in [1.807, 2.05) is 12.1 Å². The third-order valence-corrected chi connectivity index (χ3v) is 4.23. The quantitative estimate of drug-likeness (QED) is 0.318. The summed E-state index contributed by atoms with van der Waals surface area (Å²) < 4.78 is 0. The van der Waals surface area contributed by atoms with E-state index in [0.717, 1.165) is 18.4 Å². The molecule has 0 aliphatic carbocycles. The Kier molecular flexibility index (Phi) is 5.71. The van der Waals surface area contributed by atoms with E-state index in [-0.39, 0.29) is 5.84 Å². The summed E-state index contributed by atoms with van der Waals surface area (Å²) in [6.45, 7) is 2.80. The molecular weight excluding hydrogens is 284 g/mol. The summed E-state index contributed by atoms with van der Waals surface area (Å²) in [7, 11) is 0. The molecule has 2 heterocycles. The fourth-order valence-electron chi connectivity index (χ4n) is 2.22. The summed E-state index contributed by atoms with van der Waals surface area (Å²) in [4.78, 5) is 5.51. The van der Waals surface area contributed by atoms with Crippen molar-refractivity contribution < 1.29 is 5.21 Å². The number of oxime groups is 1. The molecule has 0 aromatic carbocycles. The SMILES string of the molecule is CCCC(NCc1cccnc1C(N)=NO)c1cccs1. The minimum absolute atomic E-state index is 0.0376. The molecule has 0 spiro atoms. The number of aromatic nitrogens is 1. The molecule has 0 aliphatic heterocycles. The van der Waals surface area contributed by atoms with Crippen LogP contribution in [0, 0.1) is 0 Å². The van der Waals surface area contributed by atoms with E-state index in [9.17, 15) is 0 Å². The molecule has 2 aromatic heterocycles. The average molecular weight is 304 g/mol. The molecule has 0 fully saturated rings. The van der Waals surface area contributed by atoms with Gasteiger partial charge in [-0.2, -0.15) is 0 Å². The van der Waals surface area contributed by atoms with Crippen LogP contribution in [0.25, 0.3) is 0 Å². The zero-order chi connectivity index (χ0) is 15.1. The van der Waals surface area contributed by atoms with Crippen LogP contribution in [0.15, 0.2) is 41.0 Å². The van der Waals surface area contributed by atoms with Gasteiger partial charge in [0.05, 0.1) is 0 Å². The standard InChI is InChI=1S/C15H20N4OS/c1-2-5-12(13-7-4-9-21-13)18-10-11-6-3-8-17-14(11)15(16)19-20/h3-4,6-9,12,18,20H,2,5,10H2,1H3,(H2,16,19). The van der Waals surface area contributed by atoms with Gasteiger partial charge in [-0.3, -0.25) is 4.98 Å². The molecule has 6 heteroatoms. The van der Waals surface area contributed by atoms with E-state index in [4.69, 9.17) is 10.9 Å². The molecular formula is C15H20N4OS. The lowest BCUT2D eigenvalue weighted by molar-refractivity contribution is 0.318. The number of amidine groups is 1. The van der Waals surface area contributed by atoms with E-state index in [1.165, 1.54) is 4.88 Å². The second-order valence-corrected chi connectivity index (χ2v) is 5.71. The lowest BCUT2D eigenvalue weighted by Crippen LogP contribution is -2.24. The zero-order valence-electron chi connectivity index (χ0n) is 12.0. The first-order valence-corrected chi connectivity index (χ1v) is 7.82. The molecule has 112 valence electrons. The fourth-order valence-corrected chi connectivity index (χ4v) is 3.05. The van der Waals surface area contributed by atoms with Crippen LogP contribution in [0.2, 0.25) is 0 Å². The number of thiophene rings is 1. The van der Waals surface area contributed by atoms with Gasteiger partial charge in [-0.15, -0.1) is 11.3 Å². The summed E-state index contributed by atoms with van der Waals surface area (Å²) in [6, 6.07) is 8.31. The van der Waals surface area contributed by atoms with Crippen LogP contribution in [0.1, 0.15) is 41.9 Å². The van der Waals surface area contributed by atoms with Crippen molar-refractivity contribution in [2.24, 2.45) is 10.9 Å². The van der Waals surface area contributed by atoms with Crippen molar-refractivity contribution in [3.8, 4) is 0 Å². The molecule has 0 saturated heterocycles. The van der Waals surface area contributed by atoms with Crippen molar-refractivity contribution in [2.75, 3.05) is 0 Å². The highest BCUT2D eigenvalue weighted by Gasteiger charge is 2.13. The zero-order valence-corrected chi connectivity index (χ0v) is 12.8. The van der Waals surface area contributed by atoms with Crippen LogP contribution in [0.5, 0.6) is 0 Å². The van der Waals surface area contributed by atoms with Crippen molar-refractivity contribution in [3.05, 3.63) is 52.0 Å². The largest absolute Gasteiger partial charge is 0.409 e. The predicted octanol–water partition coefficient (Wildman–Crippen LogP) is 2.87. The molecule has 0 amide bonds. The third kappa shape index (κ3) is 4.03. The van der Waals surface area contributed by atoms with Gasteiger partial charge < -0.3 is 16.3 Å². The topological polar surface area (TPSA) is 83.5 Å². The molecule has 4 N–H and O–H groups in total. The van der Waals surface area contributed by atoms with Crippen LogP contribution in [-0.2, 0) is 6.54 Å². The number of hydrogen-bond donors (Lipinski definition) is 3. The molecule has 0 aliphatic rings. The Morgan fingerprint density at radius 3 is 3.00 bits per heavy atom. The maximum atomic E-state index is 8.83. The van der Waals surface area contributed by atoms with Gasteiger partial charge in [0.15, 0.2) is 5.84 Å². The normalized spacial score (nSPS) is 13.3. The fraction of sp³-hybridized carbons (Fsp3) is 0.333. The molecule has 0 bridgehead atoms. The van der Waals surface area contributed by atoms with Gasteiger partial charge in [0, 0.05) is 23.7 Å². The van der Waals surface area contributed by atoms with Crippen molar-refractivity contribution in [1.29, 1.82) is 0 Å². The summed E-state index contributed by atoms with van der Waals surface area (Å²) in [5.41, 5.74) is 7.11. The smallest absolute Gasteiger partial charge is 0.189 e. The summed E-state index contributed by atoms with van der Waals surface area (Å²) >= 11 is 1.75. The molecule has 5 nitrogen and oxygen atoms in total. The minimum Gasteiger partial charge on any atom is -0.409 e. The van der Waals surface area contributed by atoms with Gasteiger partial charge in [0.25, 0.3) is 0 Å². The highest BCUT2D eigenvalue weighted by atomic mass is 32.1. The highest BCUT2D eigenvalue weighted by Crippen LogP contribution is 2.23. The number of nitrogens with two attached hydrogens (primary N) is 1. The molecule has 0 saturated carbocycles. The molecule has 1 atom stereocenters. The lowest BCUT2D eigenvalue weighted by Gasteiger charge is -2.17. The van der Waals surface area contributed by atoms with E-state index in [0.29, 0.717) is 18.3 Å². The van der Waals surface area contributed by atoms with Gasteiger partial charge in [0.2, 0.25) is 0 Å². The van der Waals surface area contributed by atoms with Crippen LogP contribution in [-0.4, -0.2) is 16.0 Å². The van der Waals surface area contributed by atoms with Gasteiger partial charge in [-0.1, -0.05) is 30.6 Å². The predicted molar refractivity (Wildman–Crippen MR) is 85.6 cm³/mol. The van der Waals surface area contributed by atoms with Gasteiger partial charge in [0.1, 0.15) is 5.69 Å². The van der Waals surface area contributed by atoms with Crippen LogP contribution < -0.4 is 11.1 Å². The second-order valence-electron chi connectivity index (χ2n) is 4.73. The van der Waals surface area contributed by atoms with Crippen LogP contribution in [0.4, 0.5) is 0 Å². The van der Waals surface area contributed by atoms with Crippen molar-refractivity contribution in [2.45, 2.75) is 32.4 Å². The minimum atomic E-state index is 0.0376. The molecule has 0 radical (unpaired) electrons. The first kappa shape index (κ1) is 15.5. The van der Waals surface area contributed by atoms with Crippen molar-refractivity contribution >= 4 is 17.2 Å². The van der Waals surface area contributed by atoms with Gasteiger partial charge in [-0.25, -0.2) is 0 Å². The van der Waals surface area contributed by atoms with Crippen molar-refractivity contribution in [3.63, 3.8) is 0 Å².